The number of hydrogen-bond acceptors (Lipinski definition) is 6. The van der Waals surface area contributed by atoms with Crippen LogP contribution in [0.15, 0.2) is 46.7 Å². The molecule has 0 heterocycles. The van der Waals surface area contributed by atoms with Crippen LogP contribution in [0, 0.1) is 6.92 Å². The molecule has 7 heteroatoms. The average Bonchev–Trinajstić information content (AvgIpc) is 2.60. The minimum absolute atomic E-state index is 0.134. The highest BCUT2D eigenvalue weighted by Crippen LogP contribution is 2.36. The molecule has 0 N–H and O–H groups in total. The maximum Gasteiger partial charge on any atom is 0.308 e. The molecular formula is C20H20O6S. The van der Waals surface area contributed by atoms with Crippen LogP contribution in [0.25, 0.3) is 6.08 Å². The zero-order chi connectivity index (χ0) is 20.0. The van der Waals surface area contributed by atoms with Crippen molar-refractivity contribution in [1.82, 2.24) is 0 Å². The standard InChI is InChI=1S/C20H20O6S/c1-13-5-7-17(8-6-13)27(23)10-9-18-19(25-14(2)21)11-16(24-4)12-20(18)26-15(3)22/h5-12H,1-4H3/b10-9+/t27-/m0/s1. The Morgan fingerprint density at radius 2 is 1.48 bits per heavy atom. The number of esters is 2. The third-order valence-corrected chi connectivity index (χ3v) is 4.55. The highest BCUT2D eigenvalue weighted by molar-refractivity contribution is 7.88. The number of aryl methyl sites for hydroxylation is 1. The van der Waals surface area contributed by atoms with Gasteiger partial charge in [0.15, 0.2) is 0 Å². The lowest BCUT2D eigenvalue weighted by molar-refractivity contribution is -0.132. The van der Waals surface area contributed by atoms with Gasteiger partial charge in [-0.2, -0.15) is 0 Å². The van der Waals surface area contributed by atoms with Gasteiger partial charge in [-0.05, 0) is 25.1 Å². The highest BCUT2D eigenvalue weighted by atomic mass is 32.2. The average molecular weight is 388 g/mol. The first kappa shape index (κ1) is 20.4. The predicted octanol–water partition coefficient (Wildman–Crippen LogP) is 3.63. The van der Waals surface area contributed by atoms with Crippen LogP contribution in [-0.4, -0.2) is 23.3 Å². The molecule has 0 aromatic heterocycles. The lowest BCUT2D eigenvalue weighted by Crippen LogP contribution is -2.07. The molecule has 0 fully saturated rings. The fourth-order valence-electron chi connectivity index (χ4n) is 2.22. The van der Waals surface area contributed by atoms with Crippen molar-refractivity contribution in [3.05, 3.63) is 52.9 Å². The number of rotatable bonds is 6. The molecular weight excluding hydrogens is 368 g/mol. The number of carbonyl (C=O) groups excluding carboxylic acids is 2. The van der Waals surface area contributed by atoms with Crippen LogP contribution >= 0.6 is 0 Å². The molecule has 142 valence electrons. The van der Waals surface area contributed by atoms with E-state index in [1.165, 1.54) is 44.6 Å². The van der Waals surface area contributed by atoms with Crippen molar-refractivity contribution in [3.63, 3.8) is 0 Å². The summed E-state index contributed by atoms with van der Waals surface area (Å²) < 4.78 is 28.1. The summed E-state index contributed by atoms with van der Waals surface area (Å²) in [6, 6.07) is 10.2. The minimum atomic E-state index is -1.43. The van der Waals surface area contributed by atoms with Gasteiger partial charge >= 0.3 is 11.9 Å². The first-order valence-corrected chi connectivity index (χ1v) is 9.25. The van der Waals surface area contributed by atoms with Crippen LogP contribution in [0.5, 0.6) is 17.2 Å². The lowest BCUT2D eigenvalue weighted by Gasteiger charge is -2.13. The van der Waals surface area contributed by atoms with E-state index < -0.39 is 22.7 Å². The molecule has 0 radical (unpaired) electrons. The summed E-state index contributed by atoms with van der Waals surface area (Å²) in [5.74, 6) is -0.484. The van der Waals surface area contributed by atoms with Crippen LogP contribution in [0.2, 0.25) is 0 Å². The molecule has 27 heavy (non-hydrogen) atoms. The minimum Gasteiger partial charge on any atom is -0.496 e. The Balaban J connectivity index is 2.47. The molecule has 0 bridgehead atoms. The van der Waals surface area contributed by atoms with Gasteiger partial charge in [-0.1, -0.05) is 17.7 Å². The molecule has 0 saturated heterocycles. The third kappa shape index (κ3) is 5.79. The molecule has 6 nitrogen and oxygen atoms in total. The van der Waals surface area contributed by atoms with Gasteiger partial charge in [0.2, 0.25) is 0 Å². The second kappa shape index (κ2) is 9.14. The Morgan fingerprint density at radius 1 is 0.963 bits per heavy atom. The quantitative estimate of drug-likeness (QED) is 0.555. The number of carbonyl (C=O) groups is 2. The fourth-order valence-corrected chi connectivity index (χ4v) is 3.04. The monoisotopic (exact) mass is 388 g/mol. The predicted molar refractivity (Wildman–Crippen MR) is 102 cm³/mol. The SMILES string of the molecule is COc1cc(OC(C)=O)c(/C=C/[S@](=O)c2ccc(C)cc2)c(OC(C)=O)c1. The summed E-state index contributed by atoms with van der Waals surface area (Å²) in [5, 5.41) is 1.44. The van der Waals surface area contributed by atoms with Crippen LogP contribution in [0.1, 0.15) is 25.0 Å². The summed E-state index contributed by atoms with van der Waals surface area (Å²) in [6.07, 6.45) is 1.49. The highest BCUT2D eigenvalue weighted by Gasteiger charge is 2.16. The largest absolute Gasteiger partial charge is 0.496 e. The van der Waals surface area contributed by atoms with Crippen LogP contribution in [0.4, 0.5) is 0 Å². The van der Waals surface area contributed by atoms with Gasteiger partial charge in [-0.15, -0.1) is 0 Å². The second-order valence-corrected chi connectivity index (χ2v) is 6.98. The Morgan fingerprint density at radius 3 is 1.93 bits per heavy atom. The molecule has 0 spiro atoms. The summed E-state index contributed by atoms with van der Waals surface area (Å²) in [5.41, 5.74) is 1.37. The van der Waals surface area contributed by atoms with Gasteiger partial charge in [0.25, 0.3) is 0 Å². The molecule has 0 aliphatic rings. The van der Waals surface area contributed by atoms with Crippen molar-refractivity contribution in [2.75, 3.05) is 7.11 Å². The number of hydrogen-bond donors (Lipinski definition) is 0. The van der Waals surface area contributed by atoms with Crippen molar-refractivity contribution < 1.29 is 28.0 Å². The van der Waals surface area contributed by atoms with Gasteiger partial charge in [0, 0.05) is 36.3 Å². The van der Waals surface area contributed by atoms with Gasteiger partial charge in [0.1, 0.15) is 17.2 Å². The molecule has 2 aromatic rings. The summed E-state index contributed by atoms with van der Waals surface area (Å²) in [6.45, 7) is 4.45. The summed E-state index contributed by atoms with van der Waals surface area (Å²) >= 11 is 0. The zero-order valence-corrected chi connectivity index (χ0v) is 16.3. The van der Waals surface area contributed by atoms with E-state index in [0.29, 0.717) is 16.2 Å². The van der Waals surface area contributed by atoms with E-state index in [0.717, 1.165) is 5.56 Å². The van der Waals surface area contributed by atoms with Gasteiger partial charge in [-0.25, -0.2) is 4.21 Å². The second-order valence-electron chi connectivity index (χ2n) is 5.64. The van der Waals surface area contributed by atoms with Crippen molar-refractivity contribution >= 4 is 28.8 Å². The molecule has 1 atom stereocenters. The maximum absolute atomic E-state index is 12.5. The first-order valence-electron chi connectivity index (χ1n) is 8.04. The van der Waals surface area contributed by atoms with Gasteiger partial charge in [0.05, 0.1) is 23.5 Å². The van der Waals surface area contributed by atoms with Crippen molar-refractivity contribution in [2.45, 2.75) is 25.7 Å². The van der Waals surface area contributed by atoms with Crippen LogP contribution in [0.3, 0.4) is 0 Å². The molecule has 0 aliphatic carbocycles. The summed E-state index contributed by atoms with van der Waals surface area (Å²) in [4.78, 5) is 23.5. The number of methoxy groups -OCH3 is 1. The fraction of sp³-hybridized carbons (Fsp3) is 0.200. The lowest BCUT2D eigenvalue weighted by atomic mass is 10.1. The Bertz CT molecular complexity index is 862. The molecule has 0 amide bonds. The molecule has 0 aliphatic heterocycles. The third-order valence-electron chi connectivity index (χ3n) is 3.43. The molecule has 2 rings (SSSR count). The maximum atomic E-state index is 12.5. The van der Waals surface area contributed by atoms with E-state index in [1.807, 2.05) is 19.1 Å². The van der Waals surface area contributed by atoms with Crippen LogP contribution < -0.4 is 14.2 Å². The number of benzene rings is 2. The first-order chi connectivity index (χ1) is 12.8. The topological polar surface area (TPSA) is 78.9 Å². The van der Waals surface area contributed by atoms with E-state index in [2.05, 4.69) is 0 Å². The van der Waals surface area contributed by atoms with Crippen molar-refractivity contribution in [1.29, 1.82) is 0 Å². The zero-order valence-electron chi connectivity index (χ0n) is 15.5. The van der Waals surface area contributed by atoms with E-state index in [9.17, 15) is 13.8 Å². The van der Waals surface area contributed by atoms with Gasteiger partial charge < -0.3 is 14.2 Å². The summed E-state index contributed by atoms with van der Waals surface area (Å²) in [7, 11) is 0.00290. The molecule has 2 aromatic carbocycles. The molecule has 0 unspecified atom stereocenters. The van der Waals surface area contributed by atoms with E-state index in [-0.39, 0.29) is 11.5 Å². The smallest absolute Gasteiger partial charge is 0.308 e. The Hall–Kier alpha value is -2.93. The normalized spacial score (nSPS) is 11.9. The van der Waals surface area contributed by atoms with Crippen molar-refractivity contribution in [3.8, 4) is 17.2 Å². The van der Waals surface area contributed by atoms with Crippen molar-refractivity contribution in [2.24, 2.45) is 0 Å². The molecule has 0 saturated carbocycles. The number of ether oxygens (including phenoxy) is 3. The van der Waals surface area contributed by atoms with E-state index in [4.69, 9.17) is 14.2 Å². The van der Waals surface area contributed by atoms with Crippen LogP contribution in [-0.2, 0) is 20.4 Å². The Labute approximate surface area is 160 Å². The van der Waals surface area contributed by atoms with E-state index in [1.54, 1.807) is 12.1 Å². The Kier molecular flexibility index (Phi) is 6.90. The van der Waals surface area contributed by atoms with E-state index >= 15 is 0 Å². The van der Waals surface area contributed by atoms with Gasteiger partial charge in [-0.3, -0.25) is 9.59 Å².